The molecule has 1 N–H and O–H groups in total. The third kappa shape index (κ3) is 6.68. The molecule has 6 nitrogen and oxygen atoms in total. The number of hydrogen-bond acceptors (Lipinski definition) is 5. The van der Waals surface area contributed by atoms with Gasteiger partial charge in [-0.05, 0) is 19.4 Å². The molecule has 6 heteroatoms. The van der Waals surface area contributed by atoms with E-state index in [0.29, 0.717) is 6.61 Å². The van der Waals surface area contributed by atoms with Gasteiger partial charge in [0.25, 0.3) is 0 Å². The quantitative estimate of drug-likeness (QED) is 0.505. The summed E-state index contributed by atoms with van der Waals surface area (Å²) >= 11 is 0. The molecule has 0 unspecified atom stereocenters. The average Bonchev–Trinajstić information content (AvgIpc) is 2.82. The molecule has 0 saturated heterocycles. The van der Waals surface area contributed by atoms with E-state index in [1.165, 1.54) is 0 Å². The molecule has 1 aromatic heterocycles. The smallest absolute Gasteiger partial charge is 0.319 e. The number of esters is 1. The highest BCUT2D eigenvalue weighted by Crippen LogP contribution is 1.89. The number of carbonyl (C=O) groups is 1. The molecule has 0 radical (unpaired) electrons. The summed E-state index contributed by atoms with van der Waals surface area (Å²) < 4.78 is 6.77. The monoisotopic (exact) mass is 240 g/mol. The van der Waals surface area contributed by atoms with Gasteiger partial charge >= 0.3 is 5.97 Å². The van der Waals surface area contributed by atoms with Crippen LogP contribution in [0.25, 0.3) is 0 Å². The molecular weight excluding hydrogens is 220 g/mol. The number of carbonyl (C=O) groups excluding carboxylic acids is 1. The van der Waals surface area contributed by atoms with Crippen molar-refractivity contribution in [1.82, 2.24) is 20.3 Å². The van der Waals surface area contributed by atoms with Gasteiger partial charge in [-0.3, -0.25) is 9.48 Å². The second-order valence-corrected chi connectivity index (χ2v) is 3.77. The van der Waals surface area contributed by atoms with Crippen molar-refractivity contribution in [2.45, 2.75) is 32.7 Å². The van der Waals surface area contributed by atoms with Gasteiger partial charge in [0.05, 0.1) is 19.3 Å². The lowest BCUT2D eigenvalue weighted by molar-refractivity contribution is -0.142. The van der Waals surface area contributed by atoms with Crippen LogP contribution in [0.1, 0.15) is 26.2 Å². The Balaban J connectivity index is 1.91. The number of ether oxygens (including phenoxy) is 1. The molecule has 0 aliphatic heterocycles. The second kappa shape index (κ2) is 8.69. The standard InChI is InChI=1S/C11H20N4O2/c1-2-3-9-17-11(16)10-12-5-4-7-15-8-6-13-14-15/h6,8,12H,2-5,7,9-10H2,1H3. The van der Waals surface area contributed by atoms with E-state index in [1.54, 1.807) is 10.9 Å². The highest BCUT2D eigenvalue weighted by Gasteiger charge is 2.00. The van der Waals surface area contributed by atoms with Crippen LogP contribution in [-0.4, -0.2) is 40.7 Å². The molecule has 0 saturated carbocycles. The van der Waals surface area contributed by atoms with E-state index in [4.69, 9.17) is 4.74 Å². The van der Waals surface area contributed by atoms with Crippen molar-refractivity contribution in [2.75, 3.05) is 19.7 Å². The first-order chi connectivity index (χ1) is 8.33. The highest BCUT2D eigenvalue weighted by atomic mass is 16.5. The van der Waals surface area contributed by atoms with Gasteiger partial charge in [0.15, 0.2) is 0 Å². The molecule has 17 heavy (non-hydrogen) atoms. The Morgan fingerprint density at radius 3 is 3.06 bits per heavy atom. The fourth-order valence-corrected chi connectivity index (χ4v) is 1.29. The zero-order chi connectivity index (χ0) is 12.3. The SMILES string of the molecule is CCCCOC(=O)CNCCCn1ccnn1. The molecule has 0 fully saturated rings. The summed E-state index contributed by atoms with van der Waals surface area (Å²) in [6.45, 7) is 4.44. The number of nitrogens with zero attached hydrogens (tertiary/aromatic N) is 3. The van der Waals surface area contributed by atoms with Gasteiger partial charge in [-0.25, -0.2) is 0 Å². The first kappa shape index (κ1) is 13.6. The topological polar surface area (TPSA) is 69.0 Å². The number of hydrogen-bond donors (Lipinski definition) is 1. The normalized spacial score (nSPS) is 10.4. The van der Waals surface area contributed by atoms with E-state index in [1.807, 2.05) is 6.20 Å². The fraction of sp³-hybridized carbons (Fsp3) is 0.727. The Kier molecular flexibility index (Phi) is 6.97. The number of rotatable bonds is 9. The highest BCUT2D eigenvalue weighted by molar-refractivity contribution is 5.71. The lowest BCUT2D eigenvalue weighted by Crippen LogP contribution is -2.26. The van der Waals surface area contributed by atoms with Crippen LogP contribution in [0.4, 0.5) is 0 Å². The van der Waals surface area contributed by atoms with Crippen molar-refractivity contribution < 1.29 is 9.53 Å². The summed E-state index contributed by atoms with van der Waals surface area (Å²) in [5, 5.41) is 10.6. The van der Waals surface area contributed by atoms with Crippen molar-refractivity contribution in [2.24, 2.45) is 0 Å². The second-order valence-electron chi connectivity index (χ2n) is 3.77. The Hall–Kier alpha value is -1.43. The molecule has 1 aromatic rings. The molecule has 1 heterocycles. The van der Waals surface area contributed by atoms with Gasteiger partial charge in [0.1, 0.15) is 0 Å². The summed E-state index contributed by atoms with van der Waals surface area (Å²) in [5.41, 5.74) is 0. The number of aromatic nitrogens is 3. The average molecular weight is 240 g/mol. The molecule has 0 spiro atoms. The Morgan fingerprint density at radius 1 is 1.47 bits per heavy atom. The summed E-state index contributed by atoms with van der Waals surface area (Å²) in [4.78, 5) is 11.2. The molecule has 0 aromatic carbocycles. The van der Waals surface area contributed by atoms with Crippen LogP contribution in [0.15, 0.2) is 12.4 Å². The Morgan fingerprint density at radius 2 is 2.35 bits per heavy atom. The Labute approximate surface area is 101 Å². The number of aryl methyl sites for hydroxylation is 1. The molecular formula is C11H20N4O2. The van der Waals surface area contributed by atoms with Crippen molar-refractivity contribution in [1.29, 1.82) is 0 Å². The maximum atomic E-state index is 11.2. The van der Waals surface area contributed by atoms with E-state index in [-0.39, 0.29) is 12.5 Å². The van der Waals surface area contributed by atoms with Gasteiger partial charge in [0.2, 0.25) is 0 Å². The lowest BCUT2D eigenvalue weighted by Gasteiger charge is -2.05. The molecule has 0 amide bonds. The molecule has 0 aliphatic carbocycles. The van der Waals surface area contributed by atoms with Crippen LogP contribution in [-0.2, 0) is 16.1 Å². The van der Waals surface area contributed by atoms with Gasteiger partial charge in [-0.2, -0.15) is 0 Å². The first-order valence-corrected chi connectivity index (χ1v) is 6.03. The molecule has 0 aliphatic rings. The van der Waals surface area contributed by atoms with Crippen LogP contribution in [0.3, 0.4) is 0 Å². The van der Waals surface area contributed by atoms with Crippen molar-refractivity contribution in [3.63, 3.8) is 0 Å². The summed E-state index contributed by atoms with van der Waals surface area (Å²) in [6, 6.07) is 0. The predicted molar refractivity (Wildman–Crippen MR) is 63.4 cm³/mol. The lowest BCUT2D eigenvalue weighted by atomic mass is 10.4. The van der Waals surface area contributed by atoms with Gasteiger partial charge < -0.3 is 10.1 Å². The zero-order valence-electron chi connectivity index (χ0n) is 10.3. The largest absolute Gasteiger partial charge is 0.465 e. The Bertz CT molecular complexity index is 300. The fourth-order valence-electron chi connectivity index (χ4n) is 1.29. The minimum absolute atomic E-state index is 0.181. The van der Waals surface area contributed by atoms with Gasteiger partial charge in [-0.15, -0.1) is 5.10 Å². The van der Waals surface area contributed by atoms with Gasteiger partial charge in [0, 0.05) is 12.7 Å². The first-order valence-electron chi connectivity index (χ1n) is 6.03. The third-order valence-electron chi connectivity index (χ3n) is 2.24. The predicted octanol–water partition coefficient (Wildman–Crippen LogP) is 0.601. The van der Waals surface area contributed by atoms with Crippen LogP contribution >= 0.6 is 0 Å². The van der Waals surface area contributed by atoms with Crippen molar-refractivity contribution in [3.8, 4) is 0 Å². The van der Waals surface area contributed by atoms with Crippen molar-refractivity contribution in [3.05, 3.63) is 12.4 Å². The number of unbranched alkanes of at least 4 members (excludes halogenated alkanes) is 1. The maximum Gasteiger partial charge on any atom is 0.319 e. The minimum Gasteiger partial charge on any atom is -0.465 e. The molecule has 1 rings (SSSR count). The molecule has 0 bridgehead atoms. The van der Waals surface area contributed by atoms with E-state index >= 15 is 0 Å². The van der Waals surface area contributed by atoms with E-state index in [2.05, 4.69) is 22.6 Å². The van der Waals surface area contributed by atoms with Crippen LogP contribution in [0.5, 0.6) is 0 Å². The zero-order valence-corrected chi connectivity index (χ0v) is 10.3. The molecule has 0 atom stereocenters. The summed E-state index contributed by atoms with van der Waals surface area (Å²) in [7, 11) is 0. The van der Waals surface area contributed by atoms with Crippen molar-refractivity contribution >= 4 is 5.97 Å². The summed E-state index contributed by atoms with van der Waals surface area (Å²) in [5.74, 6) is -0.181. The number of nitrogens with one attached hydrogen (secondary N) is 1. The van der Waals surface area contributed by atoms with E-state index in [9.17, 15) is 4.79 Å². The van der Waals surface area contributed by atoms with E-state index < -0.39 is 0 Å². The maximum absolute atomic E-state index is 11.2. The minimum atomic E-state index is -0.181. The molecule has 96 valence electrons. The summed E-state index contributed by atoms with van der Waals surface area (Å²) in [6.07, 6.45) is 6.35. The third-order valence-corrected chi connectivity index (χ3v) is 2.24. The van der Waals surface area contributed by atoms with E-state index in [0.717, 1.165) is 32.4 Å². The van der Waals surface area contributed by atoms with Gasteiger partial charge in [-0.1, -0.05) is 18.6 Å². The van der Waals surface area contributed by atoms with Crippen LogP contribution < -0.4 is 5.32 Å². The van der Waals surface area contributed by atoms with Crippen LogP contribution in [0.2, 0.25) is 0 Å². The van der Waals surface area contributed by atoms with Crippen LogP contribution in [0, 0.1) is 0 Å².